The lowest BCUT2D eigenvalue weighted by Crippen LogP contribution is -2.27. The fourth-order valence-corrected chi connectivity index (χ4v) is 3.09. The van der Waals surface area contributed by atoms with Gasteiger partial charge >= 0.3 is 0 Å². The number of nitrogen functional groups attached to an aromatic ring is 2. The van der Waals surface area contributed by atoms with Crippen molar-refractivity contribution in [3.63, 3.8) is 0 Å². The molecule has 0 aliphatic carbocycles. The van der Waals surface area contributed by atoms with E-state index in [0.717, 1.165) is 16.9 Å². The highest BCUT2D eigenvalue weighted by atomic mass is 16.7. The molecule has 0 saturated heterocycles. The summed E-state index contributed by atoms with van der Waals surface area (Å²) >= 11 is 0. The molecule has 150 valence electrons. The third-order valence-corrected chi connectivity index (χ3v) is 4.66. The first-order valence-electron chi connectivity index (χ1n) is 8.83. The van der Waals surface area contributed by atoms with Gasteiger partial charge in [-0.2, -0.15) is 10.2 Å². The van der Waals surface area contributed by atoms with Gasteiger partial charge in [-0.3, -0.25) is 0 Å². The molecular formula is C19H26N6O3. The molecule has 4 N–H and O–H groups in total. The number of benzene rings is 1. The number of ether oxygens (including phenoxy) is 3. The van der Waals surface area contributed by atoms with Crippen molar-refractivity contribution in [1.29, 1.82) is 0 Å². The minimum Gasteiger partial charge on any atom is -0.497 e. The molecule has 0 aliphatic rings. The van der Waals surface area contributed by atoms with E-state index in [0.29, 0.717) is 23.9 Å². The number of anilines is 2. The molecule has 1 atom stereocenters. The van der Waals surface area contributed by atoms with Gasteiger partial charge in [-0.1, -0.05) is 12.1 Å². The summed E-state index contributed by atoms with van der Waals surface area (Å²) in [6.45, 7) is 2.46. The van der Waals surface area contributed by atoms with Crippen LogP contribution < -0.4 is 16.2 Å². The zero-order chi connectivity index (χ0) is 20.3. The monoisotopic (exact) mass is 386 g/mol. The van der Waals surface area contributed by atoms with E-state index in [1.54, 1.807) is 43.0 Å². The van der Waals surface area contributed by atoms with Crippen molar-refractivity contribution >= 4 is 11.6 Å². The van der Waals surface area contributed by atoms with Gasteiger partial charge in [0.25, 0.3) is 0 Å². The van der Waals surface area contributed by atoms with E-state index in [2.05, 4.69) is 10.2 Å². The molecule has 1 aromatic carbocycles. The molecule has 2 heterocycles. The Hall–Kier alpha value is -3.04. The molecule has 1 unspecified atom stereocenters. The zero-order valence-corrected chi connectivity index (χ0v) is 16.5. The van der Waals surface area contributed by atoms with Crippen LogP contribution in [0.25, 0.3) is 11.3 Å². The van der Waals surface area contributed by atoms with E-state index < -0.39 is 6.29 Å². The topological polar surface area (TPSA) is 115 Å². The lowest BCUT2D eigenvalue weighted by Gasteiger charge is -2.22. The number of methoxy groups -OCH3 is 3. The number of aromatic nitrogens is 4. The van der Waals surface area contributed by atoms with Crippen LogP contribution in [-0.4, -0.2) is 47.2 Å². The molecule has 0 saturated carbocycles. The molecule has 0 aliphatic heterocycles. The minimum absolute atomic E-state index is 0.209. The fraction of sp³-hybridized carbons (Fsp3) is 0.368. The molecule has 0 spiro atoms. The molecule has 0 fully saturated rings. The molecule has 3 rings (SSSR count). The Balaban J connectivity index is 1.84. The lowest BCUT2D eigenvalue weighted by molar-refractivity contribution is -0.129. The Morgan fingerprint density at radius 2 is 1.75 bits per heavy atom. The van der Waals surface area contributed by atoms with Crippen LogP contribution in [0.15, 0.2) is 36.5 Å². The van der Waals surface area contributed by atoms with Gasteiger partial charge in [-0.25, -0.2) is 9.36 Å². The molecule has 0 radical (unpaired) electrons. The van der Waals surface area contributed by atoms with Crippen molar-refractivity contribution in [3.8, 4) is 17.0 Å². The predicted molar refractivity (Wildman–Crippen MR) is 107 cm³/mol. The minimum atomic E-state index is -0.467. The van der Waals surface area contributed by atoms with Gasteiger partial charge in [0.2, 0.25) is 0 Å². The summed E-state index contributed by atoms with van der Waals surface area (Å²) in [4.78, 5) is 0. The molecule has 0 bridgehead atoms. The molecule has 2 aromatic heterocycles. The highest BCUT2D eigenvalue weighted by Gasteiger charge is 2.23. The number of rotatable bonds is 8. The Labute approximate surface area is 163 Å². The highest BCUT2D eigenvalue weighted by Crippen LogP contribution is 2.29. The first-order chi connectivity index (χ1) is 13.5. The summed E-state index contributed by atoms with van der Waals surface area (Å²) in [7, 11) is 4.79. The van der Waals surface area contributed by atoms with Crippen LogP contribution in [-0.2, 0) is 16.0 Å². The maximum atomic E-state index is 6.32. The summed E-state index contributed by atoms with van der Waals surface area (Å²) in [5, 5.41) is 8.98. The summed E-state index contributed by atoms with van der Waals surface area (Å²) < 4.78 is 19.2. The van der Waals surface area contributed by atoms with Crippen LogP contribution in [0.1, 0.15) is 18.5 Å². The Morgan fingerprint density at radius 3 is 2.36 bits per heavy atom. The SMILES string of the molecule is COc1ccc(Cn2ncc(-c3cc(N)n(C(C)C(OC)OC)n3)c2N)cc1. The molecule has 28 heavy (non-hydrogen) atoms. The highest BCUT2D eigenvalue weighted by molar-refractivity contribution is 5.72. The molecule has 9 heteroatoms. The predicted octanol–water partition coefficient (Wildman–Crippen LogP) is 2.15. The standard InChI is InChI=1S/C19H26N6O3/c1-12(19(27-3)28-4)25-17(20)9-16(23-25)15-10-22-24(18(15)21)11-13-5-7-14(26-2)8-6-13/h5-10,12,19H,11,20-21H2,1-4H3. The molecule has 0 amide bonds. The Morgan fingerprint density at radius 1 is 1.07 bits per heavy atom. The molecule has 3 aromatic rings. The van der Waals surface area contributed by atoms with Gasteiger partial charge in [-0.05, 0) is 24.6 Å². The maximum absolute atomic E-state index is 6.32. The second-order valence-electron chi connectivity index (χ2n) is 6.43. The van der Waals surface area contributed by atoms with Gasteiger partial charge in [0, 0.05) is 20.3 Å². The first kappa shape index (κ1) is 19.7. The van der Waals surface area contributed by atoms with Crippen LogP contribution >= 0.6 is 0 Å². The van der Waals surface area contributed by atoms with Crippen LogP contribution in [0.5, 0.6) is 5.75 Å². The zero-order valence-electron chi connectivity index (χ0n) is 16.5. The van der Waals surface area contributed by atoms with E-state index in [9.17, 15) is 0 Å². The normalized spacial score (nSPS) is 12.5. The number of nitrogens with two attached hydrogens (primary N) is 2. The van der Waals surface area contributed by atoms with Crippen LogP contribution in [0, 0.1) is 0 Å². The van der Waals surface area contributed by atoms with Gasteiger partial charge in [0.1, 0.15) is 23.4 Å². The Kier molecular flexibility index (Phi) is 5.86. The van der Waals surface area contributed by atoms with E-state index in [4.69, 9.17) is 25.7 Å². The number of hydrogen-bond donors (Lipinski definition) is 2. The second kappa shape index (κ2) is 8.32. The summed E-state index contributed by atoms with van der Waals surface area (Å²) in [5.74, 6) is 1.81. The average Bonchev–Trinajstić information content (AvgIpc) is 3.26. The van der Waals surface area contributed by atoms with Crippen molar-refractivity contribution in [2.75, 3.05) is 32.8 Å². The third kappa shape index (κ3) is 3.80. The average molecular weight is 386 g/mol. The van der Waals surface area contributed by atoms with Crippen LogP contribution in [0.4, 0.5) is 11.6 Å². The van der Waals surface area contributed by atoms with E-state index >= 15 is 0 Å². The molecular weight excluding hydrogens is 360 g/mol. The van der Waals surface area contributed by atoms with Crippen molar-refractivity contribution in [3.05, 3.63) is 42.1 Å². The van der Waals surface area contributed by atoms with Crippen molar-refractivity contribution in [2.45, 2.75) is 25.8 Å². The van der Waals surface area contributed by atoms with E-state index in [-0.39, 0.29) is 6.04 Å². The van der Waals surface area contributed by atoms with E-state index in [1.807, 2.05) is 31.2 Å². The Bertz CT molecular complexity index is 914. The van der Waals surface area contributed by atoms with Crippen molar-refractivity contribution < 1.29 is 14.2 Å². The van der Waals surface area contributed by atoms with Crippen LogP contribution in [0.2, 0.25) is 0 Å². The fourth-order valence-electron chi connectivity index (χ4n) is 3.09. The largest absolute Gasteiger partial charge is 0.497 e. The van der Waals surface area contributed by atoms with E-state index in [1.165, 1.54) is 0 Å². The maximum Gasteiger partial charge on any atom is 0.178 e. The third-order valence-electron chi connectivity index (χ3n) is 4.66. The van der Waals surface area contributed by atoms with Crippen molar-refractivity contribution in [2.24, 2.45) is 0 Å². The van der Waals surface area contributed by atoms with Crippen molar-refractivity contribution in [1.82, 2.24) is 19.6 Å². The summed E-state index contributed by atoms with van der Waals surface area (Å²) in [6.07, 6.45) is 1.23. The van der Waals surface area contributed by atoms with Gasteiger partial charge in [0.05, 0.1) is 31.1 Å². The van der Waals surface area contributed by atoms with Gasteiger partial charge in [0.15, 0.2) is 6.29 Å². The van der Waals surface area contributed by atoms with Crippen LogP contribution in [0.3, 0.4) is 0 Å². The smallest absolute Gasteiger partial charge is 0.178 e. The number of nitrogens with zero attached hydrogens (tertiary/aromatic N) is 4. The second-order valence-corrected chi connectivity index (χ2v) is 6.43. The summed E-state index contributed by atoms with van der Waals surface area (Å²) in [6, 6.07) is 9.32. The summed E-state index contributed by atoms with van der Waals surface area (Å²) in [5.41, 5.74) is 14.9. The number of hydrogen-bond acceptors (Lipinski definition) is 7. The lowest BCUT2D eigenvalue weighted by atomic mass is 10.2. The quantitative estimate of drug-likeness (QED) is 0.570. The van der Waals surface area contributed by atoms with Gasteiger partial charge in [-0.15, -0.1) is 0 Å². The first-order valence-corrected chi connectivity index (χ1v) is 8.83. The molecule has 9 nitrogen and oxygen atoms in total. The van der Waals surface area contributed by atoms with Gasteiger partial charge < -0.3 is 25.7 Å².